The highest BCUT2D eigenvalue weighted by Gasteiger charge is 2.35. The quantitative estimate of drug-likeness (QED) is 0.140. The molecule has 0 saturated carbocycles. The van der Waals surface area contributed by atoms with Gasteiger partial charge in [0.15, 0.2) is 0 Å². The van der Waals surface area contributed by atoms with Crippen molar-refractivity contribution in [1.29, 1.82) is 0 Å². The molecule has 2 aromatic heterocycles. The van der Waals surface area contributed by atoms with Gasteiger partial charge in [-0.25, -0.2) is 0 Å². The van der Waals surface area contributed by atoms with Crippen LogP contribution in [0.3, 0.4) is 0 Å². The molecule has 2 aliphatic heterocycles. The smallest absolute Gasteiger partial charge is 0.0834 e. The monoisotopic (exact) mass is 790 g/mol. The summed E-state index contributed by atoms with van der Waals surface area (Å²) in [6.07, 6.45) is 0.121. The maximum Gasteiger partial charge on any atom is 0.0834 e. The lowest BCUT2D eigenvalue weighted by molar-refractivity contribution is -0.0733. The number of aliphatic hydroxyl groups is 1. The molecule has 2 aliphatic rings. The van der Waals surface area contributed by atoms with Crippen LogP contribution in [0, 0.1) is 0 Å². The third kappa shape index (κ3) is 11.3. The predicted octanol–water partition coefficient (Wildman–Crippen LogP) is 11.6. The maximum atomic E-state index is 9.52. The number of rotatable bonds is 10. The second-order valence-electron chi connectivity index (χ2n) is 12.5. The number of benzene rings is 4. The van der Waals surface area contributed by atoms with Gasteiger partial charge in [-0.1, -0.05) is 152 Å². The lowest BCUT2D eigenvalue weighted by Crippen LogP contribution is -2.53. The number of likely N-dealkylation sites (tertiary alicyclic amines) is 2. The van der Waals surface area contributed by atoms with Gasteiger partial charge in [-0.15, -0.1) is 34.3 Å². The second-order valence-corrected chi connectivity index (χ2v) is 15.7. The fourth-order valence-electron chi connectivity index (χ4n) is 6.31. The van der Waals surface area contributed by atoms with Gasteiger partial charge in [0, 0.05) is 46.7 Å². The average Bonchev–Trinajstić information content (AvgIpc) is 3.77. The van der Waals surface area contributed by atoms with Crippen LogP contribution in [0.15, 0.2) is 144 Å². The van der Waals surface area contributed by atoms with E-state index in [1.165, 1.54) is 27.1 Å². The molecule has 272 valence electrons. The molecule has 0 atom stereocenters. The molecule has 4 nitrogen and oxygen atoms in total. The van der Waals surface area contributed by atoms with Gasteiger partial charge in [0.05, 0.1) is 46.8 Å². The molecule has 8 rings (SSSR count). The van der Waals surface area contributed by atoms with Crippen LogP contribution in [0.4, 0.5) is 0 Å². The molecule has 1 N–H and O–H groups in total. The van der Waals surface area contributed by atoms with Crippen molar-refractivity contribution in [1.82, 2.24) is 9.80 Å². The van der Waals surface area contributed by atoms with E-state index in [-0.39, 0.29) is 25.7 Å². The largest absolute Gasteiger partial charge is 0.390 e. The zero-order chi connectivity index (χ0) is 35.4. The van der Waals surface area contributed by atoms with Crippen LogP contribution < -0.4 is 0 Å². The Morgan fingerprint density at radius 1 is 0.596 bits per heavy atom. The molecule has 0 aliphatic carbocycles. The first-order valence-corrected chi connectivity index (χ1v) is 20.0. The number of nitrogens with zero attached hydrogens (tertiary/aromatic N) is 2. The van der Waals surface area contributed by atoms with Gasteiger partial charge < -0.3 is 9.84 Å². The summed E-state index contributed by atoms with van der Waals surface area (Å²) in [7, 11) is 0. The summed E-state index contributed by atoms with van der Waals surface area (Å²) in [5, 5.41) is 14.9. The molecule has 2 fully saturated rings. The molecule has 0 bridgehead atoms. The van der Waals surface area contributed by atoms with Gasteiger partial charge >= 0.3 is 0 Å². The van der Waals surface area contributed by atoms with Crippen LogP contribution in [-0.4, -0.2) is 53.3 Å². The van der Waals surface area contributed by atoms with Gasteiger partial charge in [-0.05, 0) is 34.4 Å². The first-order valence-electron chi connectivity index (χ1n) is 17.0. The minimum atomic E-state index is -0.167. The summed E-state index contributed by atoms with van der Waals surface area (Å²) in [4.78, 5) is 7.11. The fourth-order valence-corrected chi connectivity index (χ4v) is 8.49. The zero-order valence-electron chi connectivity index (χ0n) is 28.1. The van der Waals surface area contributed by atoms with Crippen molar-refractivity contribution in [3.05, 3.63) is 186 Å². The van der Waals surface area contributed by atoms with Gasteiger partial charge in [0.2, 0.25) is 0 Å². The van der Waals surface area contributed by atoms with Crippen molar-refractivity contribution in [3.63, 3.8) is 0 Å². The standard InChI is InChI=1S/C21H20ClNOS.C16H17NO.C5H4Cl2S.CH4/c22-18-11-20(25-15-18)14-24-19-12-23(13-19)21(16-7-3-1-4-8-16)17-9-5-2-6-10-17;18-15-11-17(12-15)16(13-7-3-1-4-8-13)14-9-5-2-6-10-14;6-2-5-1-4(7)3-8-5;/h1-11,15,19,21H,12-14H2;1-10,15-16,18H,11-12H2;1,3H,2H2;1H4. The number of ether oxygens (including phenoxy) is 1. The number of alkyl halides is 1. The molecule has 9 heteroatoms. The molecular formula is C43H45Cl3N2O2S2. The van der Waals surface area contributed by atoms with Gasteiger partial charge in [0.1, 0.15) is 0 Å². The lowest BCUT2D eigenvalue weighted by atomic mass is 9.94. The Morgan fingerprint density at radius 2 is 0.962 bits per heavy atom. The molecule has 0 unspecified atom stereocenters. The van der Waals surface area contributed by atoms with E-state index in [2.05, 4.69) is 119 Å². The summed E-state index contributed by atoms with van der Waals surface area (Å²) in [6, 6.07) is 46.8. The minimum Gasteiger partial charge on any atom is -0.390 e. The second kappa shape index (κ2) is 20.4. The van der Waals surface area contributed by atoms with Crippen LogP contribution in [0.1, 0.15) is 51.5 Å². The molecule has 4 aromatic carbocycles. The Morgan fingerprint density at radius 3 is 1.27 bits per heavy atom. The molecule has 0 amide bonds. The minimum absolute atomic E-state index is 0. The van der Waals surface area contributed by atoms with E-state index in [9.17, 15) is 5.11 Å². The van der Waals surface area contributed by atoms with E-state index in [0.29, 0.717) is 18.5 Å². The highest BCUT2D eigenvalue weighted by molar-refractivity contribution is 7.10. The molecular weight excluding hydrogens is 747 g/mol. The number of β-amino-alcohol motifs (C(OH)–C–C–N with tert-alkyl or cyclic N) is 1. The van der Waals surface area contributed by atoms with Crippen molar-refractivity contribution >= 4 is 57.5 Å². The first-order chi connectivity index (χ1) is 25.0. The summed E-state index contributed by atoms with van der Waals surface area (Å²) < 4.78 is 6.04. The van der Waals surface area contributed by atoms with Gasteiger partial charge in [-0.2, -0.15) is 0 Å². The van der Waals surface area contributed by atoms with Crippen molar-refractivity contribution in [2.75, 3.05) is 26.2 Å². The summed E-state index contributed by atoms with van der Waals surface area (Å²) in [6.45, 7) is 4.07. The van der Waals surface area contributed by atoms with Crippen LogP contribution in [0.2, 0.25) is 10.0 Å². The van der Waals surface area contributed by atoms with Crippen LogP contribution >= 0.6 is 57.5 Å². The molecule has 4 heterocycles. The first kappa shape index (κ1) is 40.2. The summed E-state index contributed by atoms with van der Waals surface area (Å²) in [5.74, 6) is 0.567. The fraction of sp³-hybridized carbons (Fsp3) is 0.256. The Balaban J connectivity index is 0.000000169. The number of halogens is 3. The Kier molecular flexibility index (Phi) is 15.8. The Hall–Kier alpha value is -3.01. The van der Waals surface area contributed by atoms with E-state index in [4.69, 9.17) is 39.5 Å². The molecule has 52 heavy (non-hydrogen) atoms. The normalized spacial score (nSPS) is 14.7. The van der Waals surface area contributed by atoms with Gasteiger partial charge in [-0.3, -0.25) is 9.80 Å². The predicted molar refractivity (Wildman–Crippen MR) is 222 cm³/mol. The Labute approximate surface area is 331 Å². The summed E-state index contributed by atoms with van der Waals surface area (Å²) >= 11 is 20.3. The third-order valence-electron chi connectivity index (χ3n) is 8.79. The third-order valence-corrected chi connectivity index (χ3v) is 11.8. The number of thiophene rings is 2. The lowest BCUT2D eigenvalue weighted by Gasteiger charge is -2.44. The van der Waals surface area contributed by atoms with Crippen molar-refractivity contribution in [2.24, 2.45) is 0 Å². The zero-order valence-corrected chi connectivity index (χ0v) is 32.0. The maximum absolute atomic E-state index is 9.52. The van der Waals surface area contributed by atoms with E-state index in [0.717, 1.165) is 41.1 Å². The average molecular weight is 792 g/mol. The SMILES string of the molecule is C.ClCc1cc(Cl)cs1.Clc1csc(COC2CN(C(c3ccccc3)c3ccccc3)C2)c1.OC1CN(C(c2ccccc2)c2ccccc2)C1. The molecule has 2 saturated heterocycles. The van der Waals surface area contributed by atoms with Crippen molar-refractivity contribution < 1.29 is 9.84 Å². The molecule has 0 spiro atoms. The van der Waals surface area contributed by atoms with Crippen LogP contribution in [0.5, 0.6) is 0 Å². The van der Waals surface area contributed by atoms with E-state index < -0.39 is 0 Å². The Bertz CT molecular complexity index is 1790. The van der Waals surface area contributed by atoms with E-state index >= 15 is 0 Å². The topological polar surface area (TPSA) is 35.9 Å². The molecule has 6 aromatic rings. The van der Waals surface area contributed by atoms with Crippen LogP contribution in [0.25, 0.3) is 0 Å². The van der Waals surface area contributed by atoms with Crippen LogP contribution in [-0.2, 0) is 17.2 Å². The summed E-state index contributed by atoms with van der Waals surface area (Å²) in [5.41, 5.74) is 5.24. The van der Waals surface area contributed by atoms with Crippen molar-refractivity contribution in [3.8, 4) is 0 Å². The van der Waals surface area contributed by atoms with E-state index in [1.54, 1.807) is 22.7 Å². The van der Waals surface area contributed by atoms with E-state index in [1.807, 2.05) is 35.0 Å². The number of hydrogen-bond donors (Lipinski definition) is 1. The number of aliphatic hydroxyl groups excluding tert-OH is 1. The van der Waals surface area contributed by atoms with Gasteiger partial charge in [0.25, 0.3) is 0 Å². The number of hydrogen-bond acceptors (Lipinski definition) is 6. The van der Waals surface area contributed by atoms with Crippen molar-refractivity contribution in [2.45, 2.75) is 44.2 Å². The highest BCUT2D eigenvalue weighted by Crippen LogP contribution is 2.34. The highest BCUT2D eigenvalue weighted by atomic mass is 35.5. The molecule has 0 radical (unpaired) electrons.